The van der Waals surface area contributed by atoms with Crippen LogP contribution in [0.4, 0.5) is 11.4 Å². The first kappa shape index (κ1) is 21.9. The van der Waals surface area contributed by atoms with Crippen molar-refractivity contribution < 1.29 is 14.3 Å². The van der Waals surface area contributed by atoms with Gasteiger partial charge in [0.25, 0.3) is 5.91 Å². The molecule has 156 valence electrons. The van der Waals surface area contributed by atoms with E-state index in [4.69, 9.17) is 4.74 Å². The third kappa shape index (κ3) is 5.87. The van der Waals surface area contributed by atoms with Gasteiger partial charge in [-0.2, -0.15) is 0 Å². The van der Waals surface area contributed by atoms with Crippen molar-refractivity contribution in [2.45, 2.75) is 30.4 Å². The van der Waals surface area contributed by atoms with Crippen LogP contribution in [0.3, 0.4) is 0 Å². The maximum atomic E-state index is 12.9. The van der Waals surface area contributed by atoms with Crippen molar-refractivity contribution in [3.63, 3.8) is 0 Å². The van der Waals surface area contributed by atoms with Gasteiger partial charge in [0, 0.05) is 10.6 Å². The molecule has 0 saturated carbocycles. The second kappa shape index (κ2) is 10.8. The van der Waals surface area contributed by atoms with Gasteiger partial charge in [0.05, 0.1) is 22.4 Å². The summed E-state index contributed by atoms with van der Waals surface area (Å²) in [5, 5.41) is 7.48. The number of hydrogen-bond donors (Lipinski definition) is 2. The first-order chi connectivity index (χ1) is 14.6. The maximum Gasteiger partial charge on any atom is 0.265 e. The molecule has 1 atom stereocenters. The maximum absolute atomic E-state index is 12.9. The Morgan fingerprint density at radius 3 is 2.60 bits per heavy atom. The van der Waals surface area contributed by atoms with E-state index in [1.54, 1.807) is 6.07 Å². The molecule has 2 N–H and O–H groups in total. The fraction of sp³-hybridized carbons (Fsp3) is 0.217. The molecule has 3 aromatic rings. The van der Waals surface area contributed by atoms with E-state index in [1.807, 2.05) is 73.8 Å². The van der Waals surface area contributed by atoms with Crippen LogP contribution in [0.2, 0.25) is 0 Å². The van der Waals surface area contributed by atoms with Gasteiger partial charge in [-0.3, -0.25) is 9.59 Å². The zero-order valence-electron chi connectivity index (χ0n) is 16.9. The summed E-state index contributed by atoms with van der Waals surface area (Å²) in [6.45, 7) is 4.42. The molecule has 0 aliphatic heterocycles. The van der Waals surface area contributed by atoms with Gasteiger partial charge < -0.3 is 15.4 Å². The molecule has 5 nitrogen and oxygen atoms in total. The standard InChI is InChI=1S/C23H24N2O3S2/c1-3-20(22(26)25-18-11-5-6-12-19(18)28-4-2)30-17-10-7-9-16(15-17)24-23(27)21-13-8-14-29-21/h5-15,20H,3-4H2,1-2H3,(H,24,27)(H,25,26). The fourth-order valence-electron chi connectivity index (χ4n) is 2.80. The summed E-state index contributed by atoms with van der Waals surface area (Å²) < 4.78 is 5.59. The highest BCUT2D eigenvalue weighted by molar-refractivity contribution is 8.00. The number of rotatable bonds is 9. The fourth-order valence-corrected chi connectivity index (χ4v) is 4.43. The lowest BCUT2D eigenvalue weighted by Gasteiger charge is -2.17. The van der Waals surface area contributed by atoms with Gasteiger partial charge in [0.1, 0.15) is 5.75 Å². The van der Waals surface area contributed by atoms with Gasteiger partial charge in [0.15, 0.2) is 0 Å². The predicted molar refractivity (Wildman–Crippen MR) is 125 cm³/mol. The highest BCUT2D eigenvalue weighted by atomic mass is 32.2. The molecule has 0 bridgehead atoms. The molecule has 2 aromatic carbocycles. The monoisotopic (exact) mass is 440 g/mol. The van der Waals surface area contributed by atoms with Crippen molar-refractivity contribution in [1.82, 2.24) is 0 Å². The van der Waals surface area contributed by atoms with Gasteiger partial charge in [-0.25, -0.2) is 0 Å². The van der Waals surface area contributed by atoms with Crippen LogP contribution in [0.15, 0.2) is 70.9 Å². The number of nitrogens with one attached hydrogen (secondary N) is 2. The number of hydrogen-bond acceptors (Lipinski definition) is 5. The molecular weight excluding hydrogens is 416 g/mol. The van der Waals surface area contributed by atoms with E-state index >= 15 is 0 Å². The molecule has 3 rings (SSSR count). The van der Waals surface area contributed by atoms with Crippen molar-refractivity contribution in [3.05, 3.63) is 70.9 Å². The lowest BCUT2D eigenvalue weighted by atomic mass is 10.2. The van der Waals surface area contributed by atoms with Crippen molar-refractivity contribution in [1.29, 1.82) is 0 Å². The Kier molecular flexibility index (Phi) is 7.93. The average molecular weight is 441 g/mol. The Morgan fingerprint density at radius 2 is 1.87 bits per heavy atom. The lowest BCUT2D eigenvalue weighted by Crippen LogP contribution is -2.24. The summed E-state index contributed by atoms with van der Waals surface area (Å²) in [4.78, 5) is 26.7. The third-order valence-corrected chi connectivity index (χ3v) is 6.45. The molecule has 0 saturated heterocycles. The highest BCUT2D eigenvalue weighted by Gasteiger charge is 2.19. The number of ether oxygens (including phenoxy) is 1. The topological polar surface area (TPSA) is 67.4 Å². The average Bonchev–Trinajstić information content (AvgIpc) is 3.29. The number of carbonyl (C=O) groups excluding carboxylic acids is 2. The van der Waals surface area contributed by atoms with E-state index < -0.39 is 0 Å². The van der Waals surface area contributed by atoms with Crippen molar-refractivity contribution in [3.8, 4) is 5.75 Å². The zero-order chi connectivity index (χ0) is 21.3. The molecular formula is C23H24N2O3S2. The lowest BCUT2D eigenvalue weighted by molar-refractivity contribution is -0.115. The van der Waals surface area contributed by atoms with E-state index in [0.29, 0.717) is 35.0 Å². The molecule has 0 spiro atoms. The molecule has 2 amide bonds. The van der Waals surface area contributed by atoms with E-state index in [1.165, 1.54) is 23.1 Å². The van der Waals surface area contributed by atoms with E-state index in [9.17, 15) is 9.59 Å². The number of amides is 2. The molecule has 0 aliphatic carbocycles. The SMILES string of the molecule is CCOc1ccccc1NC(=O)C(CC)Sc1cccc(NC(=O)c2cccs2)c1. The number of para-hydroxylation sites is 2. The number of thiophene rings is 1. The third-order valence-electron chi connectivity index (χ3n) is 4.22. The normalized spacial score (nSPS) is 11.5. The largest absolute Gasteiger partial charge is 0.492 e. The van der Waals surface area contributed by atoms with E-state index in [2.05, 4.69) is 10.6 Å². The molecule has 7 heteroatoms. The first-order valence-electron chi connectivity index (χ1n) is 9.75. The second-order valence-corrected chi connectivity index (χ2v) is 8.62. The van der Waals surface area contributed by atoms with Gasteiger partial charge in [-0.05, 0) is 55.1 Å². The molecule has 1 unspecified atom stereocenters. The minimum absolute atomic E-state index is 0.0809. The quantitative estimate of drug-likeness (QED) is 0.406. The van der Waals surface area contributed by atoms with Gasteiger partial charge >= 0.3 is 0 Å². The second-order valence-electron chi connectivity index (χ2n) is 6.39. The summed E-state index contributed by atoms with van der Waals surface area (Å²) in [5.41, 5.74) is 1.37. The van der Waals surface area contributed by atoms with Gasteiger partial charge in [-0.15, -0.1) is 23.1 Å². The van der Waals surface area contributed by atoms with Crippen LogP contribution in [-0.4, -0.2) is 23.7 Å². The number of anilines is 2. The Morgan fingerprint density at radius 1 is 1.03 bits per heavy atom. The van der Waals surface area contributed by atoms with Crippen LogP contribution in [-0.2, 0) is 4.79 Å². The van der Waals surface area contributed by atoms with Gasteiger partial charge in [-0.1, -0.05) is 31.2 Å². The Hall–Kier alpha value is -2.77. The van der Waals surface area contributed by atoms with E-state index in [-0.39, 0.29) is 17.1 Å². The number of thioether (sulfide) groups is 1. The van der Waals surface area contributed by atoms with Crippen LogP contribution in [0, 0.1) is 0 Å². The summed E-state index contributed by atoms with van der Waals surface area (Å²) in [5.74, 6) is 0.443. The Balaban J connectivity index is 1.67. The zero-order valence-corrected chi connectivity index (χ0v) is 18.5. The summed E-state index contributed by atoms with van der Waals surface area (Å²) in [6.07, 6.45) is 0.666. The minimum Gasteiger partial charge on any atom is -0.492 e. The molecule has 0 aliphatic rings. The van der Waals surface area contributed by atoms with E-state index in [0.717, 1.165) is 4.90 Å². The summed E-state index contributed by atoms with van der Waals surface area (Å²) in [6, 6.07) is 18.6. The Bertz CT molecular complexity index is 990. The first-order valence-corrected chi connectivity index (χ1v) is 11.5. The summed E-state index contributed by atoms with van der Waals surface area (Å²) in [7, 11) is 0. The Labute approximate surface area is 184 Å². The van der Waals surface area contributed by atoms with Crippen molar-refractivity contribution >= 4 is 46.3 Å². The van der Waals surface area contributed by atoms with Crippen LogP contribution >= 0.6 is 23.1 Å². The highest BCUT2D eigenvalue weighted by Crippen LogP contribution is 2.30. The predicted octanol–water partition coefficient (Wildman–Crippen LogP) is 5.91. The molecule has 0 fully saturated rings. The molecule has 0 radical (unpaired) electrons. The van der Waals surface area contributed by atoms with Crippen LogP contribution in [0.25, 0.3) is 0 Å². The summed E-state index contributed by atoms with van der Waals surface area (Å²) >= 11 is 2.87. The molecule has 1 aromatic heterocycles. The van der Waals surface area contributed by atoms with Gasteiger partial charge in [0.2, 0.25) is 5.91 Å². The van der Waals surface area contributed by atoms with Crippen LogP contribution < -0.4 is 15.4 Å². The molecule has 1 heterocycles. The van der Waals surface area contributed by atoms with Crippen LogP contribution in [0.1, 0.15) is 29.9 Å². The smallest absolute Gasteiger partial charge is 0.265 e. The van der Waals surface area contributed by atoms with Crippen LogP contribution in [0.5, 0.6) is 5.75 Å². The molecule has 30 heavy (non-hydrogen) atoms. The van der Waals surface area contributed by atoms with Crippen molar-refractivity contribution in [2.75, 3.05) is 17.2 Å². The number of benzene rings is 2. The van der Waals surface area contributed by atoms with Crippen molar-refractivity contribution in [2.24, 2.45) is 0 Å². The minimum atomic E-state index is -0.275. The number of carbonyl (C=O) groups is 2.